The lowest BCUT2D eigenvalue weighted by Gasteiger charge is -2.36. The van der Waals surface area contributed by atoms with E-state index in [1.54, 1.807) is 52.2 Å². The molecule has 0 saturated carbocycles. The fourth-order valence-electron chi connectivity index (χ4n) is 3.73. The Morgan fingerprint density at radius 2 is 1.71 bits per heavy atom. The highest BCUT2D eigenvalue weighted by atomic mass is 28.4. The van der Waals surface area contributed by atoms with Gasteiger partial charge in [-0.2, -0.15) is 0 Å². The van der Waals surface area contributed by atoms with E-state index in [1.807, 2.05) is 19.1 Å². The van der Waals surface area contributed by atoms with Gasteiger partial charge in [0.15, 0.2) is 8.32 Å². The van der Waals surface area contributed by atoms with Crippen LogP contribution in [0.2, 0.25) is 18.1 Å². The highest BCUT2D eigenvalue weighted by molar-refractivity contribution is 6.74. The molecule has 0 fully saturated rings. The van der Waals surface area contributed by atoms with Gasteiger partial charge in [-0.25, -0.2) is 19.2 Å². The summed E-state index contributed by atoms with van der Waals surface area (Å²) in [4.78, 5) is 23.1. The second kappa shape index (κ2) is 12.2. The summed E-state index contributed by atoms with van der Waals surface area (Å²) in [7, 11) is -0.327. The number of carbonyl (C=O) groups excluding carboxylic acids is 1. The third-order valence-electron chi connectivity index (χ3n) is 7.11. The SMILES string of the molecule is Cc1cc(F)c(N)cc1-c1cc(OCCO[Si](C)(C)C(C)(C)C)nc(-c2ccnc(N(C)C(=O)OC(C)(C)C)c2)c1. The second-order valence-corrected chi connectivity index (χ2v) is 17.5. The van der Waals surface area contributed by atoms with Crippen LogP contribution in [0.1, 0.15) is 47.1 Å². The predicted molar refractivity (Wildman–Crippen MR) is 165 cm³/mol. The normalized spacial score (nSPS) is 12.3. The number of nitrogen functional groups attached to an aromatic ring is 1. The summed E-state index contributed by atoms with van der Waals surface area (Å²) >= 11 is 0. The van der Waals surface area contributed by atoms with Crippen LogP contribution < -0.4 is 15.4 Å². The van der Waals surface area contributed by atoms with Crippen molar-refractivity contribution in [1.29, 1.82) is 0 Å². The van der Waals surface area contributed by atoms with Crippen molar-refractivity contribution in [2.24, 2.45) is 0 Å². The van der Waals surface area contributed by atoms with Crippen molar-refractivity contribution in [3.63, 3.8) is 0 Å². The lowest BCUT2D eigenvalue weighted by Crippen LogP contribution is -2.41. The van der Waals surface area contributed by atoms with Crippen LogP contribution in [0.15, 0.2) is 42.6 Å². The van der Waals surface area contributed by atoms with E-state index in [-0.39, 0.29) is 10.7 Å². The quantitative estimate of drug-likeness (QED) is 0.166. The number of amides is 1. The number of pyridine rings is 2. The Morgan fingerprint density at radius 1 is 1.02 bits per heavy atom. The summed E-state index contributed by atoms with van der Waals surface area (Å²) < 4.78 is 32.0. The molecule has 0 unspecified atom stereocenters. The maximum absolute atomic E-state index is 14.2. The molecular weight excluding hydrogens is 539 g/mol. The summed E-state index contributed by atoms with van der Waals surface area (Å²) in [6.07, 6.45) is 1.08. The summed E-state index contributed by atoms with van der Waals surface area (Å²) in [5, 5.41) is 0.0872. The molecule has 1 aromatic carbocycles. The largest absolute Gasteiger partial charge is 0.475 e. The zero-order chi connectivity index (χ0) is 30.8. The number of halogens is 1. The molecule has 0 aliphatic carbocycles. The molecule has 0 radical (unpaired) electrons. The molecule has 10 heteroatoms. The first-order valence-electron chi connectivity index (χ1n) is 13.7. The molecule has 8 nitrogen and oxygen atoms in total. The van der Waals surface area contributed by atoms with Crippen LogP contribution in [-0.2, 0) is 9.16 Å². The maximum atomic E-state index is 14.2. The Morgan fingerprint density at radius 3 is 2.34 bits per heavy atom. The van der Waals surface area contributed by atoms with Gasteiger partial charge >= 0.3 is 6.09 Å². The fourth-order valence-corrected chi connectivity index (χ4v) is 4.75. The van der Waals surface area contributed by atoms with Crippen LogP contribution in [0.4, 0.5) is 20.7 Å². The minimum Gasteiger partial charge on any atom is -0.475 e. The van der Waals surface area contributed by atoms with Crippen molar-refractivity contribution in [2.75, 3.05) is 30.9 Å². The number of nitrogens with zero attached hydrogens (tertiary/aromatic N) is 3. The average Bonchev–Trinajstić information content (AvgIpc) is 2.86. The third kappa shape index (κ3) is 8.26. The van der Waals surface area contributed by atoms with Crippen LogP contribution in [0.25, 0.3) is 22.4 Å². The first kappa shape index (κ1) is 32.0. The summed E-state index contributed by atoms with van der Waals surface area (Å²) in [5.74, 6) is 0.317. The van der Waals surface area contributed by atoms with E-state index < -0.39 is 25.8 Å². The van der Waals surface area contributed by atoms with Crippen molar-refractivity contribution in [3.8, 4) is 28.3 Å². The van der Waals surface area contributed by atoms with Gasteiger partial charge in [0.25, 0.3) is 0 Å². The number of nitrogens with two attached hydrogens (primary N) is 1. The standard InChI is InChI=1S/C31H43FN4O4Si/c1-20-15-24(32)25(33)19-23(20)22-16-26(35-28(18-22)38-13-14-39-41(9,10)31(5,6)7)21-11-12-34-27(17-21)36(8)29(37)40-30(2,3)4/h11-12,15-19H,13-14,33H2,1-10H3. The van der Waals surface area contributed by atoms with E-state index in [0.29, 0.717) is 36.2 Å². The van der Waals surface area contributed by atoms with Gasteiger partial charge in [0.2, 0.25) is 5.88 Å². The molecule has 2 aromatic heterocycles. The molecule has 1 amide bonds. The number of carbonyl (C=O) groups is 1. The molecule has 0 atom stereocenters. The van der Waals surface area contributed by atoms with Crippen LogP contribution in [-0.4, -0.2) is 50.2 Å². The summed E-state index contributed by atoms with van der Waals surface area (Å²) in [6.45, 7) is 19.0. The lowest BCUT2D eigenvalue weighted by molar-refractivity contribution is 0.0588. The van der Waals surface area contributed by atoms with Crippen molar-refractivity contribution < 1.29 is 23.1 Å². The first-order chi connectivity index (χ1) is 18.9. The van der Waals surface area contributed by atoms with Gasteiger partial charge in [0.05, 0.1) is 18.0 Å². The predicted octanol–water partition coefficient (Wildman–Crippen LogP) is 7.61. The molecule has 41 heavy (non-hydrogen) atoms. The molecule has 0 bridgehead atoms. The molecule has 2 heterocycles. The van der Waals surface area contributed by atoms with Crippen LogP contribution >= 0.6 is 0 Å². The minimum absolute atomic E-state index is 0.0550. The van der Waals surface area contributed by atoms with Crippen molar-refractivity contribution in [3.05, 3.63) is 54.0 Å². The number of rotatable bonds is 8. The number of benzene rings is 1. The molecule has 0 aliphatic rings. The Hall–Kier alpha value is -3.50. The van der Waals surface area contributed by atoms with Crippen molar-refractivity contribution in [1.82, 2.24) is 9.97 Å². The zero-order valence-corrected chi connectivity index (χ0v) is 26.9. The monoisotopic (exact) mass is 582 g/mol. The van der Waals surface area contributed by atoms with Gasteiger partial charge in [0, 0.05) is 24.9 Å². The highest BCUT2D eigenvalue weighted by Gasteiger charge is 2.37. The topological polar surface area (TPSA) is 99.8 Å². The van der Waals surface area contributed by atoms with Crippen molar-refractivity contribution >= 4 is 25.9 Å². The number of hydrogen-bond acceptors (Lipinski definition) is 7. The van der Waals surface area contributed by atoms with E-state index in [4.69, 9.17) is 24.6 Å². The molecule has 0 aliphatic heterocycles. The zero-order valence-electron chi connectivity index (χ0n) is 25.9. The Kier molecular flexibility index (Phi) is 9.50. The Balaban J connectivity index is 1.98. The number of anilines is 2. The van der Waals surface area contributed by atoms with E-state index in [2.05, 4.69) is 38.8 Å². The van der Waals surface area contributed by atoms with Gasteiger partial charge < -0.3 is 19.6 Å². The number of aromatic nitrogens is 2. The second-order valence-electron chi connectivity index (χ2n) is 12.7. The van der Waals surface area contributed by atoms with Crippen molar-refractivity contribution in [2.45, 2.75) is 72.2 Å². The Bertz CT molecular complexity index is 1400. The van der Waals surface area contributed by atoms with Crippen LogP contribution in [0, 0.1) is 12.7 Å². The van der Waals surface area contributed by atoms with E-state index in [9.17, 15) is 9.18 Å². The third-order valence-corrected chi connectivity index (χ3v) is 11.6. The average molecular weight is 583 g/mol. The van der Waals surface area contributed by atoms with Crippen LogP contribution in [0.3, 0.4) is 0 Å². The minimum atomic E-state index is -1.93. The fraction of sp³-hybridized carbons (Fsp3) is 0.452. The van der Waals surface area contributed by atoms with Gasteiger partial charge in [-0.3, -0.25) is 4.90 Å². The molecule has 3 rings (SSSR count). The van der Waals surface area contributed by atoms with Gasteiger partial charge in [-0.1, -0.05) is 20.8 Å². The van der Waals surface area contributed by atoms with Crippen LogP contribution in [0.5, 0.6) is 5.88 Å². The van der Waals surface area contributed by atoms with E-state index >= 15 is 0 Å². The molecule has 3 aromatic rings. The number of ether oxygens (including phenoxy) is 2. The number of aryl methyl sites for hydroxylation is 1. The highest BCUT2D eigenvalue weighted by Crippen LogP contribution is 2.37. The molecular formula is C31H43FN4O4Si. The molecule has 2 N–H and O–H groups in total. The summed E-state index contributed by atoms with van der Waals surface area (Å²) in [6, 6.07) is 10.3. The maximum Gasteiger partial charge on any atom is 0.415 e. The smallest absolute Gasteiger partial charge is 0.415 e. The van der Waals surface area contributed by atoms with Gasteiger partial charge in [-0.05, 0) is 92.8 Å². The van der Waals surface area contributed by atoms with Gasteiger partial charge in [-0.15, -0.1) is 0 Å². The molecule has 222 valence electrons. The molecule has 0 spiro atoms. The van der Waals surface area contributed by atoms with Gasteiger partial charge in [0.1, 0.15) is 23.8 Å². The summed E-state index contributed by atoms with van der Waals surface area (Å²) in [5.41, 5.74) is 8.88. The molecule has 0 saturated heterocycles. The first-order valence-corrected chi connectivity index (χ1v) is 16.6. The number of hydrogen-bond donors (Lipinski definition) is 1. The van der Waals surface area contributed by atoms with E-state index in [1.165, 1.54) is 11.0 Å². The van der Waals surface area contributed by atoms with E-state index in [0.717, 1.165) is 16.7 Å². The Labute approximate surface area is 244 Å². The lowest BCUT2D eigenvalue weighted by atomic mass is 9.98.